The highest BCUT2D eigenvalue weighted by atomic mass is 35.5. The molecule has 0 aromatic heterocycles. The summed E-state index contributed by atoms with van der Waals surface area (Å²) in [5.41, 5.74) is 0. The third kappa shape index (κ3) is 4.00. The molecule has 1 saturated heterocycles. The highest BCUT2D eigenvalue weighted by molar-refractivity contribution is 7.89. The molecule has 0 bridgehead atoms. The number of methoxy groups -OCH3 is 2. The van der Waals surface area contributed by atoms with E-state index < -0.39 is 10.0 Å². The van der Waals surface area contributed by atoms with E-state index in [-0.39, 0.29) is 17.3 Å². The molecular formula is C13H21ClN2O4S. The lowest BCUT2D eigenvalue weighted by molar-refractivity contribution is 0.385. The third-order valence-corrected chi connectivity index (χ3v) is 5.21. The van der Waals surface area contributed by atoms with E-state index in [0.717, 1.165) is 13.0 Å². The van der Waals surface area contributed by atoms with Gasteiger partial charge in [0.05, 0.1) is 14.2 Å². The van der Waals surface area contributed by atoms with Gasteiger partial charge in [0, 0.05) is 25.7 Å². The number of ether oxygens (including phenoxy) is 2. The number of hydrogen-bond acceptors (Lipinski definition) is 5. The van der Waals surface area contributed by atoms with Crippen LogP contribution in [0.3, 0.4) is 0 Å². The first-order valence-corrected chi connectivity index (χ1v) is 7.96. The van der Waals surface area contributed by atoms with Gasteiger partial charge in [-0.1, -0.05) is 0 Å². The lowest BCUT2D eigenvalue weighted by atomic mass is 10.3. The second-order valence-corrected chi connectivity index (χ2v) is 6.43. The molecule has 1 aliphatic heterocycles. The zero-order chi connectivity index (χ0) is 14.6. The fraction of sp³-hybridized carbons (Fsp3) is 0.538. The first-order chi connectivity index (χ1) is 9.59. The van der Waals surface area contributed by atoms with Gasteiger partial charge in [-0.05, 0) is 25.1 Å². The topological polar surface area (TPSA) is 67.9 Å². The maximum Gasteiger partial charge on any atom is 0.246 e. The molecule has 2 rings (SSSR count). The number of hydrogen-bond donors (Lipinski definition) is 1. The smallest absolute Gasteiger partial charge is 0.246 e. The number of halogens is 1. The van der Waals surface area contributed by atoms with Crippen molar-refractivity contribution in [3.63, 3.8) is 0 Å². The normalized spacial score (nSPS) is 16.7. The average molecular weight is 337 g/mol. The van der Waals surface area contributed by atoms with E-state index in [1.807, 2.05) is 0 Å². The Morgan fingerprint density at radius 2 is 1.90 bits per heavy atom. The molecule has 21 heavy (non-hydrogen) atoms. The number of benzene rings is 1. The summed E-state index contributed by atoms with van der Waals surface area (Å²) in [5, 5.41) is 3.19. The van der Waals surface area contributed by atoms with Crippen molar-refractivity contribution in [3.05, 3.63) is 18.2 Å². The van der Waals surface area contributed by atoms with Crippen LogP contribution in [0, 0.1) is 0 Å². The molecule has 1 aromatic rings. The molecule has 120 valence electrons. The quantitative estimate of drug-likeness (QED) is 0.892. The molecular weight excluding hydrogens is 316 g/mol. The van der Waals surface area contributed by atoms with Crippen LogP contribution in [0.1, 0.15) is 6.42 Å². The maximum atomic E-state index is 12.8. The predicted molar refractivity (Wildman–Crippen MR) is 83.0 cm³/mol. The summed E-state index contributed by atoms with van der Waals surface area (Å²) < 4.78 is 37.3. The Labute approximate surface area is 131 Å². The predicted octanol–water partition coefficient (Wildman–Crippen LogP) is 1.11. The SMILES string of the molecule is COc1ccc(OC)c(S(=O)(=O)N2CCCNCC2)c1.Cl. The molecule has 8 heteroatoms. The van der Waals surface area contributed by atoms with E-state index in [4.69, 9.17) is 9.47 Å². The molecule has 0 unspecified atom stereocenters. The Kier molecular flexibility index (Phi) is 6.73. The van der Waals surface area contributed by atoms with Crippen LogP contribution in [0.5, 0.6) is 11.5 Å². The van der Waals surface area contributed by atoms with Crippen molar-refractivity contribution in [2.24, 2.45) is 0 Å². The van der Waals surface area contributed by atoms with Crippen molar-refractivity contribution in [2.45, 2.75) is 11.3 Å². The van der Waals surface area contributed by atoms with Gasteiger partial charge >= 0.3 is 0 Å². The molecule has 1 aliphatic rings. The van der Waals surface area contributed by atoms with Gasteiger partial charge in [0.25, 0.3) is 0 Å². The van der Waals surface area contributed by atoms with Crippen LogP contribution >= 0.6 is 12.4 Å². The van der Waals surface area contributed by atoms with Crippen LogP contribution in [-0.4, -0.2) is 53.1 Å². The van der Waals surface area contributed by atoms with Crippen molar-refractivity contribution >= 4 is 22.4 Å². The molecule has 0 amide bonds. The highest BCUT2D eigenvalue weighted by Crippen LogP contribution is 2.30. The van der Waals surface area contributed by atoms with E-state index in [1.165, 1.54) is 24.6 Å². The third-order valence-electron chi connectivity index (χ3n) is 3.29. The van der Waals surface area contributed by atoms with Gasteiger partial charge in [-0.3, -0.25) is 0 Å². The molecule has 1 N–H and O–H groups in total. The zero-order valence-electron chi connectivity index (χ0n) is 12.2. The lowest BCUT2D eigenvalue weighted by Gasteiger charge is -2.21. The van der Waals surface area contributed by atoms with E-state index in [2.05, 4.69) is 5.32 Å². The second kappa shape index (κ2) is 7.84. The standard InChI is InChI=1S/C13H20N2O4S.ClH/c1-18-11-4-5-12(19-2)13(10-11)20(16,17)15-8-3-6-14-7-9-15;/h4-5,10,14H,3,6-9H2,1-2H3;1H. The van der Waals surface area contributed by atoms with E-state index >= 15 is 0 Å². The average Bonchev–Trinajstić information content (AvgIpc) is 2.76. The van der Waals surface area contributed by atoms with Crippen molar-refractivity contribution in [1.29, 1.82) is 0 Å². The first-order valence-electron chi connectivity index (χ1n) is 6.52. The number of nitrogens with one attached hydrogen (secondary N) is 1. The molecule has 0 atom stereocenters. The first kappa shape index (κ1) is 18.0. The summed E-state index contributed by atoms with van der Waals surface area (Å²) in [6.45, 7) is 2.46. The minimum absolute atomic E-state index is 0. The molecule has 0 aliphatic carbocycles. The Bertz CT molecular complexity index is 557. The summed E-state index contributed by atoms with van der Waals surface area (Å²) in [5.74, 6) is 0.834. The van der Waals surface area contributed by atoms with Crippen LogP contribution in [0.2, 0.25) is 0 Å². The van der Waals surface area contributed by atoms with E-state index in [0.29, 0.717) is 31.1 Å². The molecule has 0 radical (unpaired) electrons. The summed E-state index contributed by atoms with van der Waals surface area (Å²) >= 11 is 0. The summed E-state index contributed by atoms with van der Waals surface area (Å²) in [6, 6.07) is 4.80. The highest BCUT2D eigenvalue weighted by Gasteiger charge is 2.28. The fourth-order valence-electron chi connectivity index (χ4n) is 2.19. The van der Waals surface area contributed by atoms with Gasteiger partial charge in [-0.25, -0.2) is 8.42 Å². The fourth-order valence-corrected chi connectivity index (χ4v) is 3.84. The number of sulfonamides is 1. The molecule has 0 spiro atoms. The van der Waals surface area contributed by atoms with Gasteiger partial charge in [-0.2, -0.15) is 4.31 Å². The van der Waals surface area contributed by atoms with E-state index in [9.17, 15) is 8.42 Å². The Balaban J connectivity index is 0.00000220. The van der Waals surface area contributed by atoms with Crippen LogP contribution in [0.25, 0.3) is 0 Å². The van der Waals surface area contributed by atoms with E-state index in [1.54, 1.807) is 12.1 Å². The monoisotopic (exact) mass is 336 g/mol. The van der Waals surface area contributed by atoms with Crippen molar-refractivity contribution < 1.29 is 17.9 Å². The van der Waals surface area contributed by atoms with Crippen LogP contribution in [0.4, 0.5) is 0 Å². The summed E-state index contributed by atoms with van der Waals surface area (Å²) in [7, 11) is -0.601. The van der Waals surface area contributed by atoms with Gasteiger partial charge in [-0.15, -0.1) is 12.4 Å². The molecule has 1 heterocycles. The largest absolute Gasteiger partial charge is 0.497 e. The molecule has 0 saturated carbocycles. The maximum absolute atomic E-state index is 12.8. The molecule has 6 nitrogen and oxygen atoms in total. The van der Waals surface area contributed by atoms with Crippen LogP contribution < -0.4 is 14.8 Å². The van der Waals surface area contributed by atoms with Gasteiger partial charge in [0.2, 0.25) is 10.0 Å². The summed E-state index contributed by atoms with van der Waals surface area (Å²) in [4.78, 5) is 0.154. The van der Waals surface area contributed by atoms with Crippen molar-refractivity contribution in [1.82, 2.24) is 9.62 Å². The van der Waals surface area contributed by atoms with Crippen molar-refractivity contribution in [2.75, 3.05) is 40.4 Å². The van der Waals surface area contributed by atoms with Gasteiger partial charge < -0.3 is 14.8 Å². The van der Waals surface area contributed by atoms with Crippen molar-refractivity contribution in [3.8, 4) is 11.5 Å². The van der Waals surface area contributed by atoms with Gasteiger partial charge in [0.15, 0.2) is 0 Å². The van der Waals surface area contributed by atoms with Gasteiger partial charge in [0.1, 0.15) is 16.4 Å². The van der Waals surface area contributed by atoms with Crippen LogP contribution in [-0.2, 0) is 10.0 Å². The number of rotatable bonds is 4. The minimum atomic E-state index is -3.57. The molecule has 1 fully saturated rings. The minimum Gasteiger partial charge on any atom is -0.497 e. The Morgan fingerprint density at radius 3 is 2.57 bits per heavy atom. The zero-order valence-corrected chi connectivity index (χ0v) is 13.8. The number of nitrogens with zero attached hydrogens (tertiary/aromatic N) is 1. The second-order valence-electron chi connectivity index (χ2n) is 4.52. The lowest BCUT2D eigenvalue weighted by Crippen LogP contribution is -2.34. The Morgan fingerprint density at radius 1 is 1.14 bits per heavy atom. The Hall–Kier alpha value is -1.02. The molecule has 1 aromatic carbocycles. The van der Waals surface area contributed by atoms with Crippen LogP contribution in [0.15, 0.2) is 23.1 Å². The summed E-state index contributed by atoms with van der Waals surface area (Å²) in [6.07, 6.45) is 0.797.